The van der Waals surface area contributed by atoms with E-state index < -0.39 is 41.3 Å². The van der Waals surface area contributed by atoms with Gasteiger partial charge in [-0.05, 0) is 40.2 Å². The molecule has 34 heavy (non-hydrogen) atoms. The van der Waals surface area contributed by atoms with E-state index in [0.29, 0.717) is 6.42 Å². The van der Waals surface area contributed by atoms with Gasteiger partial charge in [0.1, 0.15) is 11.4 Å². The number of pyridine rings is 2. The van der Waals surface area contributed by atoms with Gasteiger partial charge in [-0.15, -0.1) is 0 Å². The Hall–Kier alpha value is -3.70. The monoisotopic (exact) mass is 480 g/mol. The van der Waals surface area contributed by atoms with Crippen molar-refractivity contribution in [3.63, 3.8) is 0 Å². The number of carbonyl (C=O) groups excluding carboxylic acids is 2. The van der Waals surface area contributed by atoms with E-state index in [4.69, 9.17) is 15.2 Å². The Morgan fingerprint density at radius 3 is 2.38 bits per heavy atom. The smallest absolute Gasteiger partial charge is 0.407 e. The Bertz CT molecular complexity index is 1040. The lowest BCUT2D eigenvalue weighted by Crippen LogP contribution is -2.46. The fourth-order valence-electron chi connectivity index (χ4n) is 3.00. The second-order valence-corrected chi connectivity index (χ2v) is 8.51. The number of nitrogens with two attached hydrogens (primary N) is 1. The summed E-state index contributed by atoms with van der Waals surface area (Å²) >= 11 is 0. The average Bonchev–Trinajstić information content (AvgIpc) is 2.72. The van der Waals surface area contributed by atoms with Crippen molar-refractivity contribution in [3.05, 3.63) is 35.5 Å². The minimum Gasteiger partial charge on any atom is -0.479 e. The van der Waals surface area contributed by atoms with Gasteiger partial charge in [0.15, 0.2) is 17.5 Å². The van der Waals surface area contributed by atoms with Gasteiger partial charge in [0.05, 0.1) is 24.6 Å². The van der Waals surface area contributed by atoms with Crippen LogP contribution in [0, 0.1) is 11.6 Å². The van der Waals surface area contributed by atoms with Crippen LogP contribution in [0.3, 0.4) is 0 Å². The molecule has 2 rings (SSSR count). The Labute approximate surface area is 196 Å². The van der Waals surface area contributed by atoms with Crippen LogP contribution in [0.4, 0.5) is 30.9 Å². The van der Waals surface area contributed by atoms with Crippen molar-refractivity contribution in [2.24, 2.45) is 5.73 Å². The fraction of sp³-hybridized carbons (Fsp3) is 0.455. The molecule has 0 saturated carbocycles. The minimum absolute atomic E-state index is 0.106. The van der Waals surface area contributed by atoms with Crippen molar-refractivity contribution in [2.45, 2.75) is 58.7 Å². The van der Waals surface area contributed by atoms with E-state index in [9.17, 15) is 18.4 Å². The van der Waals surface area contributed by atoms with E-state index in [0.717, 1.165) is 12.1 Å². The number of nitrogens with zero attached hydrogens (tertiary/aromatic N) is 2. The predicted octanol–water partition coefficient (Wildman–Crippen LogP) is 3.71. The number of hydrogen-bond donors (Lipinski definition) is 4. The molecule has 0 unspecified atom stereocenters. The number of anilines is 3. The lowest BCUT2D eigenvalue weighted by Gasteiger charge is -2.27. The maximum Gasteiger partial charge on any atom is 0.407 e. The first-order chi connectivity index (χ1) is 15.8. The summed E-state index contributed by atoms with van der Waals surface area (Å²) in [6.45, 7) is 8.79. The molecule has 12 heteroatoms. The maximum absolute atomic E-state index is 14.8. The van der Waals surface area contributed by atoms with E-state index in [1.165, 1.54) is 13.3 Å². The topological polar surface area (TPSA) is 140 Å². The number of ether oxygens (including phenoxy) is 2. The zero-order chi connectivity index (χ0) is 25.6. The molecule has 0 bridgehead atoms. The predicted molar refractivity (Wildman–Crippen MR) is 123 cm³/mol. The number of hydrogen-bond acceptors (Lipinski definition) is 8. The Balaban J connectivity index is 2.30. The fourth-order valence-corrected chi connectivity index (χ4v) is 3.00. The molecule has 0 aliphatic carbocycles. The van der Waals surface area contributed by atoms with E-state index in [1.54, 1.807) is 27.7 Å². The summed E-state index contributed by atoms with van der Waals surface area (Å²) in [5.74, 6) is -3.03. The molecular formula is C22H30F2N6O4. The molecule has 0 aromatic carbocycles. The van der Waals surface area contributed by atoms with Gasteiger partial charge in [-0.1, -0.05) is 6.92 Å². The van der Waals surface area contributed by atoms with Gasteiger partial charge in [0.25, 0.3) is 5.91 Å². The number of carbonyl (C=O) groups is 2. The van der Waals surface area contributed by atoms with Gasteiger partial charge in [0, 0.05) is 18.2 Å². The summed E-state index contributed by atoms with van der Waals surface area (Å²) in [5, 5.41) is 8.36. The van der Waals surface area contributed by atoms with Gasteiger partial charge >= 0.3 is 6.09 Å². The van der Waals surface area contributed by atoms with Crippen LogP contribution in [0.1, 0.15) is 51.4 Å². The third-order valence-electron chi connectivity index (χ3n) is 4.61. The number of alkyl carbamates (subject to hydrolysis) is 1. The van der Waals surface area contributed by atoms with Crippen LogP contribution >= 0.6 is 0 Å². The normalized spacial score (nSPS) is 12.9. The highest BCUT2D eigenvalue weighted by atomic mass is 19.1. The number of primary amides is 1. The number of aromatic nitrogens is 2. The summed E-state index contributed by atoms with van der Waals surface area (Å²) in [5.41, 5.74) is 4.59. The largest absolute Gasteiger partial charge is 0.479 e. The molecule has 5 N–H and O–H groups in total. The molecule has 0 fully saturated rings. The van der Waals surface area contributed by atoms with Gasteiger partial charge < -0.3 is 31.2 Å². The van der Waals surface area contributed by atoms with Gasteiger partial charge in [-0.2, -0.15) is 0 Å². The minimum atomic E-state index is -0.936. The van der Waals surface area contributed by atoms with Gasteiger partial charge in [-0.25, -0.2) is 23.5 Å². The molecule has 0 aliphatic heterocycles. The van der Waals surface area contributed by atoms with E-state index in [-0.39, 0.29) is 28.8 Å². The third kappa shape index (κ3) is 7.15. The van der Waals surface area contributed by atoms with Crippen LogP contribution in [-0.4, -0.2) is 46.8 Å². The van der Waals surface area contributed by atoms with Crippen LogP contribution in [-0.2, 0) is 4.74 Å². The van der Waals surface area contributed by atoms with Crippen molar-refractivity contribution >= 4 is 29.3 Å². The molecule has 2 heterocycles. The van der Waals surface area contributed by atoms with Crippen molar-refractivity contribution < 1.29 is 27.8 Å². The molecule has 2 aromatic heterocycles. The molecular weight excluding hydrogens is 450 g/mol. The second-order valence-electron chi connectivity index (χ2n) is 8.51. The first-order valence-corrected chi connectivity index (χ1v) is 10.6. The van der Waals surface area contributed by atoms with Crippen LogP contribution in [0.5, 0.6) is 5.88 Å². The third-order valence-corrected chi connectivity index (χ3v) is 4.61. The summed E-state index contributed by atoms with van der Waals surface area (Å²) in [4.78, 5) is 31.9. The molecule has 2 amide bonds. The number of methoxy groups -OCH3 is 1. The molecule has 0 saturated heterocycles. The molecule has 0 spiro atoms. The van der Waals surface area contributed by atoms with Crippen LogP contribution in [0.25, 0.3) is 0 Å². The lowest BCUT2D eigenvalue weighted by atomic mass is 10.1. The zero-order valence-corrected chi connectivity index (χ0v) is 20.0. The zero-order valence-electron chi connectivity index (χ0n) is 20.0. The summed E-state index contributed by atoms with van der Waals surface area (Å²) < 4.78 is 38.8. The van der Waals surface area contributed by atoms with E-state index in [1.807, 2.05) is 6.92 Å². The quantitative estimate of drug-likeness (QED) is 0.426. The van der Waals surface area contributed by atoms with Crippen molar-refractivity contribution in [3.8, 4) is 5.88 Å². The number of amides is 2. The van der Waals surface area contributed by atoms with Crippen molar-refractivity contribution in [1.82, 2.24) is 15.3 Å². The van der Waals surface area contributed by atoms with E-state index in [2.05, 4.69) is 25.9 Å². The average molecular weight is 481 g/mol. The summed E-state index contributed by atoms with van der Waals surface area (Å²) in [7, 11) is 1.27. The van der Waals surface area contributed by atoms with Crippen LogP contribution in [0.15, 0.2) is 18.3 Å². The van der Waals surface area contributed by atoms with Crippen molar-refractivity contribution in [1.29, 1.82) is 0 Å². The molecule has 0 aliphatic rings. The Morgan fingerprint density at radius 1 is 1.18 bits per heavy atom. The molecule has 186 valence electrons. The van der Waals surface area contributed by atoms with Crippen LogP contribution in [0.2, 0.25) is 0 Å². The summed E-state index contributed by atoms with van der Waals surface area (Å²) in [6.07, 6.45) is 1.13. The highest BCUT2D eigenvalue weighted by molar-refractivity contribution is 5.98. The second kappa shape index (κ2) is 10.9. The van der Waals surface area contributed by atoms with Crippen molar-refractivity contribution in [2.75, 3.05) is 17.7 Å². The maximum atomic E-state index is 14.8. The lowest BCUT2D eigenvalue weighted by molar-refractivity contribution is 0.0503. The molecule has 2 atom stereocenters. The van der Waals surface area contributed by atoms with Gasteiger partial charge in [0.2, 0.25) is 5.88 Å². The first-order valence-electron chi connectivity index (χ1n) is 10.6. The number of nitrogens with one attached hydrogen (secondary N) is 3. The Morgan fingerprint density at radius 2 is 1.85 bits per heavy atom. The number of halogens is 2. The highest BCUT2D eigenvalue weighted by Crippen LogP contribution is 2.26. The summed E-state index contributed by atoms with van der Waals surface area (Å²) in [6, 6.07) is 1.10. The number of rotatable bonds is 9. The first kappa shape index (κ1) is 26.6. The SMILES string of the molecule is CC[C@@H](Nc1nc(Nc2cnc(OC)c(F)c2)c(C(N)=O)cc1F)[C@H](C)NC(=O)OC(C)(C)C. The van der Waals surface area contributed by atoms with Crippen LogP contribution < -0.4 is 26.4 Å². The standard InChI is InChI=1S/C22H30F2N6O4/c1-7-16(11(2)27-21(32)34-22(3,4)5)29-19-14(23)9-13(17(25)31)18(30-19)28-12-8-15(24)20(33-6)26-10-12/h8-11,16H,7H2,1-6H3,(H2,25,31)(H,27,32)(H2,28,29,30)/t11-,16+/m0/s1. The van der Waals surface area contributed by atoms with Gasteiger partial charge in [-0.3, -0.25) is 4.79 Å². The highest BCUT2D eigenvalue weighted by Gasteiger charge is 2.24. The molecule has 10 nitrogen and oxygen atoms in total. The molecule has 2 aromatic rings. The molecule has 0 radical (unpaired) electrons. The van der Waals surface area contributed by atoms with E-state index >= 15 is 0 Å². The Kier molecular flexibility index (Phi) is 8.55.